The minimum Gasteiger partial charge on any atom is -0.394 e. The van der Waals surface area contributed by atoms with Gasteiger partial charge in [0.15, 0.2) is 0 Å². The summed E-state index contributed by atoms with van der Waals surface area (Å²) < 4.78 is 36.6. The van der Waals surface area contributed by atoms with Crippen LogP contribution < -0.4 is 4.72 Å². The highest BCUT2D eigenvalue weighted by atomic mass is 32.2. The first kappa shape index (κ1) is 25.5. The Morgan fingerprint density at radius 2 is 1.80 bits per heavy atom. The van der Waals surface area contributed by atoms with Crippen LogP contribution in [0.5, 0.6) is 0 Å². The van der Waals surface area contributed by atoms with Gasteiger partial charge in [0, 0.05) is 19.3 Å². The molecule has 0 aliphatic carbocycles. The minimum absolute atomic E-state index is 0.0837. The summed E-state index contributed by atoms with van der Waals surface area (Å²) in [4.78, 5) is 2.22. The third-order valence-corrected chi connectivity index (χ3v) is 7.62. The maximum Gasteiger partial charge on any atom is 0.240 e. The van der Waals surface area contributed by atoms with Crippen LogP contribution >= 0.6 is 0 Å². The van der Waals surface area contributed by atoms with Crippen LogP contribution in [0.1, 0.15) is 25.0 Å². The van der Waals surface area contributed by atoms with E-state index in [-0.39, 0.29) is 17.6 Å². The zero-order valence-corrected chi connectivity index (χ0v) is 20.9. The first-order valence-corrected chi connectivity index (χ1v) is 13.3. The lowest BCUT2D eigenvalue weighted by atomic mass is 9.98. The van der Waals surface area contributed by atoms with Crippen molar-refractivity contribution in [2.24, 2.45) is 0 Å². The van der Waals surface area contributed by atoms with Crippen LogP contribution in [0.15, 0.2) is 65.7 Å². The van der Waals surface area contributed by atoms with Gasteiger partial charge >= 0.3 is 0 Å². The van der Waals surface area contributed by atoms with Gasteiger partial charge in [-0.3, -0.25) is 4.68 Å². The average molecular weight is 500 g/mol. The average Bonchev–Trinajstić information content (AvgIpc) is 3.30. The molecule has 188 valence electrons. The zero-order valence-electron chi connectivity index (χ0n) is 20.1. The van der Waals surface area contributed by atoms with Crippen molar-refractivity contribution in [1.29, 1.82) is 0 Å². The molecular formula is C25H33N5O4S. The molecule has 1 saturated heterocycles. The normalized spacial score (nSPS) is 20.9. The molecule has 0 radical (unpaired) electrons. The van der Waals surface area contributed by atoms with Crippen molar-refractivity contribution in [2.45, 2.75) is 55.5 Å². The summed E-state index contributed by atoms with van der Waals surface area (Å²) >= 11 is 0. The second-order valence-electron chi connectivity index (χ2n) is 9.17. The van der Waals surface area contributed by atoms with E-state index in [1.165, 1.54) is 0 Å². The fourth-order valence-corrected chi connectivity index (χ4v) is 5.62. The maximum atomic E-state index is 13.0. The molecule has 0 amide bonds. The molecule has 2 N–H and O–H groups in total. The Bertz CT molecular complexity index is 1180. The van der Waals surface area contributed by atoms with Crippen molar-refractivity contribution in [3.63, 3.8) is 0 Å². The van der Waals surface area contributed by atoms with Gasteiger partial charge in [0.1, 0.15) is 0 Å². The summed E-state index contributed by atoms with van der Waals surface area (Å²) in [5, 5.41) is 18.2. The molecule has 1 aliphatic heterocycles. The molecule has 3 atom stereocenters. The molecule has 9 nitrogen and oxygen atoms in total. The van der Waals surface area contributed by atoms with Crippen molar-refractivity contribution in [3.05, 3.63) is 66.5 Å². The van der Waals surface area contributed by atoms with Gasteiger partial charge in [-0.1, -0.05) is 47.7 Å². The summed E-state index contributed by atoms with van der Waals surface area (Å²) in [5.74, 6) is 0. The number of nitrogens with one attached hydrogen (secondary N) is 1. The third-order valence-electron chi connectivity index (χ3n) is 6.12. The van der Waals surface area contributed by atoms with E-state index in [9.17, 15) is 13.5 Å². The third kappa shape index (κ3) is 6.74. The Balaban J connectivity index is 1.33. The fourth-order valence-electron chi connectivity index (χ4n) is 4.32. The number of benzene rings is 2. The van der Waals surface area contributed by atoms with Crippen LogP contribution in [-0.2, 0) is 27.8 Å². The van der Waals surface area contributed by atoms with E-state index in [1.807, 2.05) is 55.5 Å². The molecule has 1 aromatic heterocycles. The van der Waals surface area contributed by atoms with E-state index in [0.717, 1.165) is 23.4 Å². The van der Waals surface area contributed by atoms with E-state index in [4.69, 9.17) is 4.74 Å². The Labute approximate surface area is 206 Å². The van der Waals surface area contributed by atoms with Crippen molar-refractivity contribution in [1.82, 2.24) is 24.6 Å². The fraction of sp³-hybridized carbons (Fsp3) is 0.440. The number of aliphatic hydroxyl groups excluding tert-OH is 1. The molecule has 0 unspecified atom stereocenters. The summed E-state index contributed by atoms with van der Waals surface area (Å²) in [6.45, 7) is 1.11. The van der Waals surface area contributed by atoms with Gasteiger partial charge in [-0.25, -0.2) is 13.1 Å². The van der Waals surface area contributed by atoms with Gasteiger partial charge < -0.3 is 14.7 Å². The van der Waals surface area contributed by atoms with Crippen LogP contribution in [0.2, 0.25) is 0 Å². The van der Waals surface area contributed by atoms with Crippen molar-refractivity contribution < 1.29 is 18.3 Å². The summed E-state index contributed by atoms with van der Waals surface area (Å²) in [6.07, 6.45) is 3.22. The van der Waals surface area contributed by atoms with Gasteiger partial charge in [-0.15, -0.1) is 5.10 Å². The minimum atomic E-state index is -3.75. The number of hydrogen-bond donors (Lipinski definition) is 2. The predicted octanol–water partition coefficient (Wildman–Crippen LogP) is 2.28. The van der Waals surface area contributed by atoms with Crippen molar-refractivity contribution in [2.75, 3.05) is 20.7 Å². The molecule has 2 aromatic carbocycles. The molecule has 0 saturated carbocycles. The second kappa shape index (κ2) is 11.4. The van der Waals surface area contributed by atoms with Gasteiger partial charge in [0.25, 0.3) is 0 Å². The Kier molecular flexibility index (Phi) is 8.30. The predicted molar refractivity (Wildman–Crippen MR) is 133 cm³/mol. The molecule has 4 rings (SSSR count). The highest BCUT2D eigenvalue weighted by molar-refractivity contribution is 7.89. The van der Waals surface area contributed by atoms with Crippen LogP contribution in [0.25, 0.3) is 11.1 Å². The number of hydrogen-bond acceptors (Lipinski definition) is 7. The van der Waals surface area contributed by atoms with Crippen LogP contribution in [-0.4, -0.2) is 72.4 Å². The van der Waals surface area contributed by atoms with E-state index in [2.05, 4.69) is 15.0 Å². The topological polar surface area (TPSA) is 110 Å². The number of sulfonamides is 1. The summed E-state index contributed by atoms with van der Waals surface area (Å²) in [7, 11) is 0.212. The smallest absolute Gasteiger partial charge is 0.240 e. The second-order valence-corrected chi connectivity index (χ2v) is 10.9. The largest absolute Gasteiger partial charge is 0.394 e. The van der Waals surface area contributed by atoms with E-state index >= 15 is 0 Å². The lowest BCUT2D eigenvalue weighted by molar-refractivity contribution is -0.0891. The number of aromatic nitrogens is 3. The van der Waals surface area contributed by atoms with Gasteiger partial charge in [-0.2, -0.15) is 0 Å². The van der Waals surface area contributed by atoms with Gasteiger partial charge in [-0.05, 0) is 56.6 Å². The van der Waals surface area contributed by atoms with Crippen molar-refractivity contribution >= 4 is 10.0 Å². The lowest BCUT2D eigenvalue weighted by Gasteiger charge is -2.36. The molecule has 1 aliphatic rings. The number of nitrogens with zero attached hydrogens (tertiary/aromatic N) is 4. The first-order chi connectivity index (χ1) is 16.8. The molecule has 2 heterocycles. The van der Waals surface area contributed by atoms with Gasteiger partial charge in [0.2, 0.25) is 10.0 Å². The number of rotatable bonds is 10. The van der Waals surface area contributed by atoms with E-state index < -0.39 is 22.2 Å². The Hall–Kier alpha value is -2.63. The Morgan fingerprint density at radius 3 is 2.49 bits per heavy atom. The molecule has 0 spiro atoms. The highest BCUT2D eigenvalue weighted by Gasteiger charge is 2.34. The molecular weight excluding hydrogens is 466 g/mol. The van der Waals surface area contributed by atoms with Gasteiger partial charge in [0.05, 0.1) is 35.4 Å². The number of ether oxygens (including phenoxy) is 1. The standard InChI is InChI=1S/C25H33N5O4S/c1-29(2)16-21-17-30(28-26-21)15-14-22-10-13-24(25(18-31)34-22)27-35(32,33)23-11-8-20(9-12-23)19-6-4-3-5-7-19/h3-9,11-12,17,22,24-25,27,31H,10,13-16,18H2,1-2H3/t22-,24-,25-/m0/s1. The maximum absolute atomic E-state index is 13.0. The van der Waals surface area contributed by atoms with Crippen LogP contribution in [0.4, 0.5) is 0 Å². The first-order valence-electron chi connectivity index (χ1n) is 11.8. The highest BCUT2D eigenvalue weighted by Crippen LogP contribution is 2.25. The van der Waals surface area contributed by atoms with Crippen molar-refractivity contribution in [3.8, 4) is 11.1 Å². The monoisotopic (exact) mass is 499 g/mol. The lowest BCUT2D eigenvalue weighted by Crippen LogP contribution is -2.50. The molecule has 3 aromatic rings. The zero-order chi connectivity index (χ0) is 24.8. The quantitative estimate of drug-likeness (QED) is 0.440. The number of aryl methyl sites for hydroxylation is 1. The molecule has 35 heavy (non-hydrogen) atoms. The van der Waals surface area contributed by atoms with E-state index in [0.29, 0.717) is 25.8 Å². The van der Waals surface area contributed by atoms with Crippen LogP contribution in [0.3, 0.4) is 0 Å². The van der Waals surface area contributed by atoms with Crippen LogP contribution in [0, 0.1) is 0 Å². The Morgan fingerprint density at radius 1 is 1.09 bits per heavy atom. The molecule has 0 bridgehead atoms. The SMILES string of the molecule is CN(C)Cc1cn(CC[C@@H]2CC[C@H](NS(=O)(=O)c3ccc(-c4ccccc4)cc3)[C@H](CO)O2)nn1. The summed E-state index contributed by atoms with van der Waals surface area (Å²) in [5.41, 5.74) is 2.87. The van der Waals surface area contributed by atoms with E-state index in [1.54, 1.807) is 28.9 Å². The molecule has 1 fully saturated rings. The number of aliphatic hydroxyl groups is 1. The summed E-state index contributed by atoms with van der Waals surface area (Å²) in [6, 6.07) is 16.1. The molecule has 10 heteroatoms.